The van der Waals surface area contributed by atoms with E-state index in [0.29, 0.717) is 10.8 Å². The number of cyclic esters (lactones) is 1. The van der Waals surface area contributed by atoms with Gasteiger partial charge >= 0.3 is 12.0 Å². The van der Waals surface area contributed by atoms with Crippen molar-refractivity contribution in [3.8, 4) is 5.75 Å². The molecule has 112 valence electrons. The Morgan fingerprint density at radius 2 is 1.86 bits per heavy atom. The Kier molecular flexibility index (Phi) is 3.91. The highest BCUT2D eigenvalue weighted by Crippen LogP contribution is 2.39. The number of halogens is 3. The van der Waals surface area contributed by atoms with Gasteiger partial charge in [-0.3, -0.25) is 0 Å². The van der Waals surface area contributed by atoms with Crippen molar-refractivity contribution in [2.45, 2.75) is 12.0 Å². The number of phenolic OH excluding ortho intramolecular Hbond substituents is 1. The van der Waals surface area contributed by atoms with Crippen LogP contribution in [0.25, 0.3) is 10.8 Å². The lowest BCUT2D eigenvalue weighted by molar-refractivity contribution is -0.103. The number of phenols is 1. The van der Waals surface area contributed by atoms with Gasteiger partial charge in [-0.2, -0.15) is 0 Å². The van der Waals surface area contributed by atoms with Gasteiger partial charge in [0.2, 0.25) is 0 Å². The molecule has 1 aliphatic rings. The number of nitrogens with one attached hydrogen (secondary N) is 1. The fourth-order valence-corrected chi connectivity index (χ4v) is 2.37. The summed E-state index contributed by atoms with van der Waals surface area (Å²) < 4.78 is 32.2. The molecule has 1 atom stereocenters. The summed E-state index contributed by atoms with van der Waals surface area (Å²) in [5, 5.41) is 12.8. The number of carbonyl (C=O) groups is 1. The molecule has 2 N–H and O–H groups in total. The van der Waals surface area contributed by atoms with Gasteiger partial charge < -0.3 is 15.2 Å². The first-order chi connectivity index (χ1) is 9.49. The van der Waals surface area contributed by atoms with Crippen LogP contribution < -0.4 is 5.32 Å². The van der Waals surface area contributed by atoms with E-state index in [0.717, 1.165) is 0 Å². The van der Waals surface area contributed by atoms with E-state index in [1.54, 1.807) is 24.3 Å². The predicted octanol–water partition coefficient (Wildman–Crippen LogP) is 3.38. The van der Waals surface area contributed by atoms with Crippen LogP contribution in [0.4, 0.5) is 13.6 Å². The molecule has 0 aliphatic carbocycles. The lowest BCUT2D eigenvalue weighted by Crippen LogP contribution is -2.49. The van der Waals surface area contributed by atoms with E-state index >= 15 is 0 Å². The first-order valence-corrected chi connectivity index (χ1v) is 6.01. The van der Waals surface area contributed by atoms with Crippen molar-refractivity contribution in [2.24, 2.45) is 0 Å². The summed E-state index contributed by atoms with van der Waals surface area (Å²) in [5.41, 5.74) is 0.250. The van der Waals surface area contributed by atoms with Crippen LogP contribution in [0.15, 0.2) is 36.4 Å². The third-order valence-corrected chi connectivity index (χ3v) is 3.33. The average molecular weight is 316 g/mol. The Morgan fingerprint density at radius 1 is 1.19 bits per heavy atom. The molecule has 4 nitrogen and oxygen atoms in total. The molecule has 0 bridgehead atoms. The molecule has 0 spiro atoms. The molecular formula is C14H12ClF2NO3. The Hall–Kier alpha value is -2.08. The maximum absolute atomic E-state index is 14.0. The highest BCUT2D eigenvalue weighted by Gasteiger charge is 2.47. The molecule has 2 aromatic carbocycles. The monoisotopic (exact) mass is 315 g/mol. The van der Waals surface area contributed by atoms with Crippen LogP contribution in [0, 0.1) is 0 Å². The number of rotatable bonds is 1. The predicted molar refractivity (Wildman–Crippen MR) is 75.0 cm³/mol. The van der Waals surface area contributed by atoms with Gasteiger partial charge in [-0.05, 0) is 17.0 Å². The molecule has 21 heavy (non-hydrogen) atoms. The minimum absolute atomic E-state index is 0. The number of hydrogen-bond donors (Lipinski definition) is 2. The number of carbonyl (C=O) groups excluding carboxylic acids is 1. The summed E-state index contributed by atoms with van der Waals surface area (Å²) in [7, 11) is 0. The molecule has 2 aromatic rings. The number of benzene rings is 2. The fourth-order valence-electron chi connectivity index (χ4n) is 2.37. The van der Waals surface area contributed by atoms with Crippen molar-refractivity contribution in [3.05, 3.63) is 42.0 Å². The van der Waals surface area contributed by atoms with Crippen LogP contribution in [0.5, 0.6) is 5.75 Å². The molecule has 0 unspecified atom stereocenters. The van der Waals surface area contributed by atoms with Crippen molar-refractivity contribution in [1.82, 2.24) is 5.32 Å². The van der Waals surface area contributed by atoms with Crippen LogP contribution in [0.2, 0.25) is 0 Å². The van der Waals surface area contributed by atoms with Crippen LogP contribution in [-0.2, 0) is 4.74 Å². The topological polar surface area (TPSA) is 58.6 Å². The molecule has 1 heterocycles. The fraction of sp³-hybridized carbons (Fsp3) is 0.214. The van der Waals surface area contributed by atoms with Crippen molar-refractivity contribution >= 4 is 29.3 Å². The van der Waals surface area contributed by atoms with Crippen molar-refractivity contribution in [3.63, 3.8) is 0 Å². The number of alkyl carbamates (subject to hydrolysis) is 1. The van der Waals surface area contributed by atoms with Gasteiger partial charge in [0.05, 0.1) is 0 Å². The van der Waals surface area contributed by atoms with Crippen molar-refractivity contribution < 1.29 is 23.4 Å². The van der Waals surface area contributed by atoms with E-state index in [9.17, 15) is 18.7 Å². The Bertz CT molecular complexity index is 693. The van der Waals surface area contributed by atoms with Crippen LogP contribution >= 0.6 is 12.4 Å². The molecule has 1 amide bonds. The summed E-state index contributed by atoms with van der Waals surface area (Å²) in [4.78, 5) is 11.2. The quantitative estimate of drug-likeness (QED) is 0.848. The number of aromatic hydroxyl groups is 1. The van der Waals surface area contributed by atoms with Crippen LogP contribution in [0.1, 0.15) is 11.6 Å². The maximum atomic E-state index is 14.0. The number of ether oxygens (including phenoxy) is 1. The third-order valence-electron chi connectivity index (χ3n) is 3.33. The Labute approximate surface area is 125 Å². The highest BCUT2D eigenvalue weighted by atomic mass is 35.5. The van der Waals surface area contributed by atoms with Gasteiger partial charge in [0.15, 0.2) is 6.61 Å². The van der Waals surface area contributed by atoms with E-state index in [1.165, 1.54) is 12.1 Å². The molecule has 1 fully saturated rings. The lowest BCUT2D eigenvalue weighted by atomic mass is 9.94. The van der Waals surface area contributed by atoms with Gasteiger partial charge in [-0.15, -0.1) is 12.4 Å². The van der Waals surface area contributed by atoms with Gasteiger partial charge in [-0.25, -0.2) is 13.6 Å². The van der Waals surface area contributed by atoms with E-state index in [1.807, 2.05) is 0 Å². The second kappa shape index (κ2) is 5.37. The molecule has 0 radical (unpaired) electrons. The van der Waals surface area contributed by atoms with Crippen LogP contribution in [-0.4, -0.2) is 23.7 Å². The normalized spacial score (nSPS) is 20.3. The minimum Gasteiger partial charge on any atom is -0.507 e. The highest BCUT2D eigenvalue weighted by molar-refractivity contribution is 5.91. The first kappa shape index (κ1) is 15.3. The summed E-state index contributed by atoms with van der Waals surface area (Å²) >= 11 is 0. The van der Waals surface area contributed by atoms with E-state index in [2.05, 4.69) is 10.1 Å². The van der Waals surface area contributed by atoms with Gasteiger partial charge in [0, 0.05) is 5.39 Å². The zero-order chi connectivity index (χ0) is 14.3. The molecule has 3 rings (SSSR count). The molecule has 1 aliphatic heterocycles. The molecule has 0 saturated carbocycles. The largest absolute Gasteiger partial charge is 0.507 e. The van der Waals surface area contributed by atoms with Crippen molar-refractivity contribution in [1.29, 1.82) is 0 Å². The number of hydrogen-bond acceptors (Lipinski definition) is 3. The van der Waals surface area contributed by atoms with Gasteiger partial charge in [0.25, 0.3) is 0 Å². The second-order valence-corrected chi connectivity index (χ2v) is 4.63. The first-order valence-electron chi connectivity index (χ1n) is 6.01. The minimum atomic E-state index is -3.21. The molecule has 1 saturated heterocycles. The average Bonchev–Trinajstić information content (AvgIpc) is 2.43. The summed E-state index contributed by atoms with van der Waals surface area (Å²) in [5.74, 6) is -3.21. The Morgan fingerprint density at radius 3 is 2.57 bits per heavy atom. The summed E-state index contributed by atoms with van der Waals surface area (Å²) in [6, 6.07) is 7.90. The number of amides is 1. The molecule has 0 aromatic heterocycles. The summed E-state index contributed by atoms with van der Waals surface area (Å²) in [6.45, 7) is -0.960. The number of alkyl halides is 2. The molecular weight excluding hydrogens is 304 g/mol. The smallest absolute Gasteiger partial charge is 0.408 e. The SMILES string of the molecule is Cl.O=C1N[C@@H](c2ccc(O)c3ccccc23)C(F)(F)CO1. The third kappa shape index (κ3) is 2.58. The van der Waals surface area contributed by atoms with E-state index in [-0.39, 0.29) is 23.7 Å². The molecule has 7 heteroatoms. The van der Waals surface area contributed by atoms with E-state index < -0.39 is 24.7 Å². The lowest BCUT2D eigenvalue weighted by Gasteiger charge is -2.32. The second-order valence-electron chi connectivity index (χ2n) is 4.63. The van der Waals surface area contributed by atoms with Gasteiger partial charge in [-0.1, -0.05) is 30.3 Å². The Balaban J connectivity index is 0.00000161. The van der Waals surface area contributed by atoms with E-state index in [4.69, 9.17) is 0 Å². The van der Waals surface area contributed by atoms with Gasteiger partial charge in [0.1, 0.15) is 11.8 Å². The maximum Gasteiger partial charge on any atom is 0.408 e. The zero-order valence-corrected chi connectivity index (χ0v) is 11.5. The van der Waals surface area contributed by atoms with Crippen LogP contribution in [0.3, 0.4) is 0 Å². The standard InChI is InChI=1S/C14H11F2NO3.ClH/c15-14(16)7-20-13(19)17-12(14)10-5-6-11(18)9-4-2-1-3-8(9)10;/h1-6,12,18H,7H2,(H,17,19);1H/t12-;/m0./s1. The number of fused-ring (bicyclic) bond motifs is 1. The summed E-state index contributed by atoms with van der Waals surface area (Å²) in [6.07, 6.45) is -0.877. The van der Waals surface area contributed by atoms with Crippen molar-refractivity contribution in [2.75, 3.05) is 6.61 Å². The zero-order valence-electron chi connectivity index (χ0n) is 10.7.